The Hall–Kier alpha value is -2.78. The standard InChI is InChI=1S/C24H28FN3O4S/c1-17(23(29)27-14-3-2-4-15-27)28-16-13-22(24(28)30)26-33(31,32)21-11-7-19(8-12-21)18-5-9-20(25)10-6-18/h5-12,17,22,26H,2-4,13-16H2,1H3/t17-,22-/m0/s1. The van der Waals surface area contributed by atoms with Crippen molar-refractivity contribution < 1.29 is 22.4 Å². The molecule has 0 radical (unpaired) electrons. The van der Waals surface area contributed by atoms with Gasteiger partial charge in [0.1, 0.15) is 17.9 Å². The van der Waals surface area contributed by atoms with E-state index in [2.05, 4.69) is 4.72 Å². The molecule has 2 saturated heterocycles. The van der Waals surface area contributed by atoms with Crippen LogP contribution in [-0.2, 0) is 19.6 Å². The first kappa shape index (κ1) is 23.4. The van der Waals surface area contributed by atoms with Gasteiger partial charge in [-0.15, -0.1) is 0 Å². The van der Waals surface area contributed by atoms with Gasteiger partial charge in [0.2, 0.25) is 21.8 Å². The Morgan fingerprint density at radius 3 is 2.15 bits per heavy atom. The highest BCUT2D eigenvalue weighted by Crippen LogP contribution is 2.23. The number of nitrogens with one attached hydrogen (secondary N) is 1. The van der Waals surface area contributed by atoms with Gasteiger partial charge in [-0.1, -0.05) is 24.3 Å². The maximum atomic E-state index is 13.1. The molecule has 176 valence electrons. The number of rotatable bonds is 6. The second kappa shape index (κ2) is 9.61. The SMILES string of the molecule is C[C@@H](C(=O)N1CCCCC1)N1CC[C@H](NS(=O)(=O)c2ccc(-c3ccc(F)cc3)cc2)C1=O. The Labute approximate surface area is 193 Å². The summed E-state index contributed by atoms with van der Waals surface area (Å²) in [6.07, 6.45) is 3.35. The predicted octanol–water partition coefficient (Wildman–Crippen LogP) is 2.77. The molecule has 2 atom stereocenters. The molecule has 0 aromatic heterocycles. The Morgan fingerprint density at radius 2 is 1.55 bits per heavy atom. The van der Waals surface area contributed by atoms with Gasteiger partial charge >= 0.3 is 0 Å². The molecule has 7 nitrogen and oxygen atoms in total. The van der Waals surface area contributed by atoms with E-state index in [0.717, 1.165) is 30.4 Å². The lowest BCUT2D eigenvalue weighted by Crippen LogP contribution is -2.51. The summed E-state index contributed by atoms with van der Waals surface area (Å²) in [7, 11) is -3.92. The third kappa shape index (κ3) is 5.09. The number of sulfonamides is 1. The van der Waals surface area contributed by atoms with Crippen molar-refractivity contribution in [2.75, 3.05) is 19.6 Å². The third-order valence-corrected chi connectivity index (χ3v) is 7.86. The lowest BCUT2D eigenvalue weighted by Gasteiger charge is -2.32. The van der Waals surface area contributed by atoms with Crippen LogP contribution in [0.4, 0.5) is 4.39 Å². The highest BCUT2D eigenvalue weighted by molar-refractivity contribution is 7.89. The van der Waals surface area contributed by atoms with E-state index in [9.17, 15) is 22.4 Å². The molecule has 2 heterocycles. The summed E-state index contributed by atoms with van der Waals surface area (Å²) in [5.74, 6) is -0.799. The molecule has 9 heteroatoms. The average Bonchev–Trinajstić information content (AvgIpc) is 3.18. The van der Waals surface area contributed by atoms with Crippen LogP contribution in [0.3, 0.4) is 0 Å². The number of piperidine rings is 1. The Bertz CT molecular complexity index is 1110. The second-order valence-electron chi connectivity index (χ2n) is 8.59. The summed E-state index contributed by atoms with van der Waals surface area (Å²) >= 11 is 0. The first-order chi connectivity index (χ1) is 15.8. The van der Waals surface area contributed by atoms with Gasteiger partial charge in [0, 0.05) is 19.6 Å². The lowest BCUT2D eigenvalue weighted by molar-refractivity contribution is -0.143. The van der Waals surface area contributed by atoms with Crippen molar-refractivity contribution in [2.24, 2.45) is 0 Å². The number of amides is 2. The fourth-order valence-corrected chi connectivity index (χ4v) is 5.66. The smallest absolute Gasteiger partial charge is 0.245 e. The van der Waals surface area contributed by atoms with Gasteiger partial charge in [0.05, 0.1) is 4.90 Å². The van der Waals surface area contributed by atoms with E-state index in [4.69, 9.17) is 0 Å². The summed E-state index contributed by atoms with van der Waals surface area (Å²) in [6, 6.07) is 10.6. The number of carbonyl (C=O) groups excluding carboxylic acids is 2. The van der Waals surface area contributed by atoms with Crippen molar-refractivity contribution in [3.05, 3.63) is 54.3 Å². The zero-order valence-electron chi connectivity index (χ0n) is 18.5. The molecule has 33 heavy (non-hydrogen) atoms. The van der Waals surface area contributed by atoms with Gasteiger partial charge in [0.15, 0.2) is 0 Å². The highest BCUT2D eigenvalue weighted by Gasteiger charge is 2.40. The monoisotopic (exact) mass is 473 g/mol. The van der Waals surface area contributed by atoms with Crippen LogP contribution < -0.4 is 4.72 Å². The van der Waals surface area contributed by atoms with Crippen LogP contribution in [0.15, 0.2) is 53.4 Å². The van der Waals surface area contributed by atoms with Crippen LogP contribution in [-0.4, -0.2) is 61.7 Å². The van der Waals surface area contributed by atoms with Crippen LogP contribution in [0.5, 0.6) is 0 Å². The van der Waals surface area contributed by atoms with E-state index in [1.165, 1.54) is 29.2 Å². The van der Waals surface area contributed by atoms with Gasteiger partial charge in [-0.2, -0.15) is 4.72 Å². The van der Waals surface area contributed by atoms with Gasteiger partial charge < -0.3 is 9.80 Å². The summed E-state index contributed by atoms with van der Waals surface area (Å²) in [5.41, 5.74) is 1.52. The zero-order chi connectivity index (χ0) is 23.6. The number of benzene rings is 2. The molecular formula is C24H28FN3O4S. The highest BCUT2D eigenvalue weighted by atomic mass is 32.2. The Balaban J connectivity index is 1.41. The van der Waals surface area contributed by atoms with Gasteiger partial charge in [-0.05, 0) is 68.0 Å². The third-order valence-electron chi connectivity index (χ3n) is 6.37. The molecule has 0 saturated carbocycles. The van der Waals surface area contributed by atoms with E-state index in [0.29, 0.717) is 26.1 Å². The zero-order valence-corrected chi connectivity index (χ0v) is 19.4. The minimum absolute atomic E-state index is 0.0389. The summed E-state index contributed by atoms with van der Waals surface area (Å²) < 4.78 is 41.4. The topological polar surface area (TPSA) is 86.8 Å². The maximum Gasteiger partial charge on any atom is 0.245 e. The normalized spacial score (nSPS) is 20.2. The van der Waals surface area contributed by atoms with E-state index in [-0.39, 0.29) is 22.5 Å². The van der Waals surface area contributed by atoms with Crippen LogP contribution in [0, 0.1) is 5.82 Å². The van der Waals surface area contributed by atoms with E-state index >= 15 is 0 Å². The van der Waals surface area contributed by atoms with Gasteiger partial charge in [0.25, 0.3) is 0 Å². The largest absolute Gasteiger partial charge is 0.341 e. The maximum absolute atomic E-state index is 13.1. The van der Waals surface area contributed by atoms with Gasteiger partial charge in [-0.25, -0.2) is 12.8 Å². The first-order valence-corrected chi connectivity index (χ1v) is 12.7. The van der Waals surface area contributed by atoms with Crippen molar-refractivity contribution in [1.82, 2.24) is 14.5 Å². The lowest BCUT2D eigenvalue weighted by atomic mass is 10.1. The molecule has 1 N–H and O–H groups in total. The number of hydrogen-bond acceptors (Lipinski definition) is 4. The van der Waals surface area contributed by atoms with E-state index in [1.807, 2.05) is 0 Å². The van der Waals surface area contributed by atoms with Crippen molar-refractivity contribution in [2.45, 2.75) is 49.6 Å². The molecule has 2 aromatic carbocycles. The number of nitrogens with zero attached hydrogens (tertiary/aromatic N) is 2. The van der Waals surface area contributed by atoms with E-state index < -0.39 is 22.1 Å². The molecule has 2 aliphatic heterocycles. The number of halogens is 1. The molecule has 0 bridgehead atoms. The quantitative estimate of drug-likeness (QED) is 0.699. The molecular weight excluding hydrogens is 445 g/mol. The molecule has 0 aliphatic carbocycles. The van der Waals surface area contributed by atoms with Crippen molar-refractivity contribution in [3.8, 4) is 11.1 Å². The fourth-order valence-electron chi connectivity index (χ4n) is 4.43. The molecule has 2 aromatic rings. The van der Waals surface area contributed by atoms with Crippen molar-refractivity contribution in [3.63, 3.8) is 0 Å². The second-order valence-corrected chi connectivity index (χ2v) is 10.3. The minimum atomic E-state index is -3.92. The predicted molar refractivity (Wildman–Crippen MR) is 122 cm³/mol. The summed E-state index contributed by atoms with van der Waals surface area (Å²) in [6.45, 7) is 3.44. The molecule has 0 spiro atoms. The molecule has 2 aliphatic rings. The summed E-state index contributed by atoms with van der Waals surface area (Å²) in [4.78, 5) is 29.0. The first-order valence-electron chi connectivity index (χ1n) is 11.2. The van der Waals surface area contributed by atoms with Crippen molar-refractivity contribution in [1.29, 1.82) is 0 Å². The average molecular weight is 474 g/mol. The number of hydrogen-bond donors (Lipinski definition) is 1. The van der Waals surface area contributed by atoms with E-state index in [1.54, 1.807) is 36.1 Å². The Morgan fingerprint density at radius 1 is 0.970 bits per heavy atom. The van der Waals surface area contributed by atoms with Gasteiger partial charge in [-0.3, -0.25) is 9.59 Å². The number of carbonyl (C=O) groups is 2. The minimum Gasteiger partial charge on any atom is -0.341 e. The molecule has 4 rings (SSSR count). The Kier molecular flexibility index (Phi) is 6.81. The fraction of sp³-hybridized carbons (Fsp3) is 0.417. The molecule has 2 amide bonds. The van der Waals surface area contributed by atoms with Crippen LogP contribution in [0.25, 0.3) is 11.1 Å². The number of likely N-dealkylation sites (tertiary alicyclic amines) is 2. The molecule has 0 unspecified atom stereocenters. The summed E-state index contributed by atoms with van der Waals surface area (Å²) in [5, 5.41) is 0. The van der Waals surface area contributed by atoms with Crippen LogP contribution in [0.2, 0.25) is 0 Å². The van der Waals surface area contributed by atoms with Crippen LogP contribution in [0.1, 0.15) is 32.6 Å². The molecule has 2 fully saturated rings. The van der Waals surface area contributed by atoms with Crippen molar-refractivity contribution >= 4 is 21.8 Å². The van der Waals surface area contributed by atoms with Crippen LogP contribution >= 0.6 is 0 Å².